The van der Waals surface area contributed by atoms with Crippen LogP contribution in [0.2, 0.25) is 5.28 Å². The molecule has 4 heterocycles. The van der Waals surface area contributed by atoms with Crippen molar-refractivity contribution in [2.45, 2.75) is 49.2 Å². The Morgan fingerprint density at radius 1 is 1.16 bits per heavy atom. The molecule has 6 rings (SSSR count). The number of fused-ring (bicyclic) bond motifs is 3. The molecule has 1 spiro atoms. The van der Waals surface area contributed by atoms with Crippen LogP contribution in [0.4, 0.5) is 5.82 Å². The first-order chi connectivity index (χ1) is 15.5. The van der Waals surface area contributed by atoms with Crippen LogP contribution in [-0.4, -0.2) is 72.8 Å². The Morgan fingerprint density at radius 2 is 1.97 bits per heavy atom. The van der Waals surface area contributed by atoms with Gasteiger partial charge in [-0.15, -0.1) is 0 Å². The highest BCUT2D eigenvalue weighted by Gasteiger charge is 2.48. The molecule has 0 saturated carbocycles. The lowest BCUT2D eigenvalue weighted by atomic mass is 9.65. The summed E-state index contributed by atoms with van der Waals surface area (Å²) in [5.74, 6) is 0.652. The maximum atomic E-state index is 10.4. The molecule has 2 saturated heterocycles. The van der Waals surface area contributed by atoms with Crippen molar-refractivity contribution in [3.05, 3.63) is 47.0 Å². The maximum Gasteiger partial charge on any atom is 0.226 e. The third-order valence-electron chi connectivity index (χ3n) is 7.14. The first-order valence-electron chi connectivity index (χ1n) is 10.9. The molecule has 0 radical (unpaired) electrons. The van der Waals surface area contributed by atoms with E-state index >= 15 is 0 Å². The van der Waals surface area contributed by atoms with E-state index in [1.54, 1.807) is 4.57 Å². The number of halogens is 1. The summed E-state index contributed by atoms with van der Waals surface area (Å²) in [6.07, 6.45) is 0.684. The van der Waals surface area contributed by atoms with Gasteiger partial charge in [-0.1, -0.05) is 24.3 Å². The second kappa shape index (κ2) is 7.36. The second-order valence-electron chi connectivity index (χ2n) is 9.02. The predicted molar refractivity (Wildman–Crippen MR) is 117 cm³/mol. The van der Waals surface area contributed by atoms with Gasteiger partial charge in [-0.2, -0.15) is 9.97 Å². The number of anilines is 1. The molecule has 1 aliphatic carbocycles. The number of hydrogen-bond acceptors (Lipinski definition) is 8. The van der Waals surface area contributed by atoms with E-state index in [1.807, 2.05) is 0 Å². The number of ether oxygens (including phenoxy) is 1. The van der Waals surface area contributed by atoms with Crippen LogP contribution in [0.5, 0.6) is 0 Å². The van der Waals surface area contributed by atoms with Crippen LogP contribution in [0, 0.1) is 0 Å². The minimum Gasteiger partial charge on any atom is -0.394 e. The number of nitrogens with zero attached hydrogens (tertiary/aromatic N) is 5. The summed E-state index contributed by atoms with van der Waals surface area (Å²) >= 11 is 6.28. The lowest BCUT2D eigenvalue weighted by Gasteiger charge is -2.53. The van der Waals surface area contributed by atoms with Gasteiger partial charge in [0.1, 0.15) is 18.3 Å². The molecule has 2 aliphatic heterocycles. The van der Waals surface area contributed by atoms with Crippen LogP contribution in [-0.2, 0) is 16.6 Å². The predicted octanol–water partition coefficient (Wildman–Crippen LogP) is 1.19. The van der Waals surface area contributed by atoms with Gasteiger partial charge in [-0.3, -0.25) is 4.57 Å². The van der Waals surface area contributed by atoms with E-state index in [0.717, 1.165) is 25.9 Å². The van der Waals surface area contributed by atoms with Crippen LogP contribution in [0.15, 0.2) is 30.6 Å². The van der Waals surface area contributed by atoms with Crippen molar-refractivity contribution >= 4 is 28.6 Å². The first-order valence-corrected chi connectivity index (χ1v) is 11.2. The van der Waals surface area contributed by atoms with Crippen molar-refractivity contribution in [1.82, 2.24) is 19.5 Å². The van der Waals surface area contributed by atoms with Gasteiger partial charge in [0.05, 0.1) is 12.9 Å². The molecule has 32 heavy (non-hydrogen) atoms. The first kappa shape index (κ1) is 20.3. The molecule has 2 fully saturated rings. The Balaban J connectivity index is 1.34. The molecule has 2 aromatic heterocycles. The SMILES string of the molecule is OC[C@H]1O[C@@H](n2cnc3c(N4CC5(CCCc6ccccc65)C4)nc(Cl)nc32)[C@H](O)[C@@H]1O. The molecule has 3 aliphatic rings. The van der Waals surface area contributed by atoms with Crippen LogP contribution in [0.25, 0.3) is 11.2 Å². The Hall–Kier alpha value is -2.30. The van der Waals surface area contributed by atoms with Crippen LogP contribution >= 0.6 is 11.6 Å². The number of aryl methyl sites for hydroxylation is 1. The highest BCUT2D eigenvalue weighted by atomic mass is 35.5. The van der Waals surface area contributed by atoms with E-state index in [-0.39, 0.29) is 10.7 Å². The summed E-state index contributed by atoms with van der Waals surface area (Å²) in [7, 11) is 0. The molecule has 0 amide bonds. The lowest BCUT2D eigenvalue weighted by molar-refractivity contribution is -0.0511. The fraction of sp³-hybridized carbons (Fsp3) is 0.500. The maximum absolute atomic E-state index is 10.4. The van der Waals surface area contributed by atoms with E-state index in [4.69, 9.17) is 16.3 Å². The normalized spacial score (nSPS) is 28.8. The molecular formula is C22H24ClN5O4. The van der Waals surface area contributed by atoms with Gasteiger partial charge >= 0.3 is 0 Å². The third-order valence-corrected chi connectivity index (χ3v) is 7.31. The van der Waals surface area contributed by atoms with Gasteiger partial charge in [-0.05, 0) is 42.0 Å². The van der Waals surface area contributed by atoms with E-state index < -0.39 is 31.1 Å². The van der Waals surface area contributed by atoms with Crippen LogP contribution < -0.4 is 4.90 Å². The molecular weight excluding hydrogens is 434 g/mol. The monoisotopic (exact) mass is 457 g/mol. The van der Waals surface area contributed by atoms with Gasteiger partial charge in [0.15, 0.2) is 23.2 Å². The quantitative estimate of drug-likeness (QED) is 0.502. The summed E-state index contributed by atoms with van der Waals surface area (Å²) in [6, 6.07) is 8.68. The number of aromatic nitrogens is 4. The van der Waals surface area contributed by atoms with E-state index in [2.05, 4.69) is 44.1 Å². The number of rotatable bonds is 3. The number of hydrogen-bond donors (Lipinski definition) is 3. The zero-order chi connectivity index (χ0) is 22.0. The Labute approximate surface area is 189 Å². The van der Waals surface area contributed by atoms with E-state index in [9.17, 15) is 15.3 Å². The lowest BCUT2D eigenvalue weighted by Crippen LogP contribution is -2.61. The van der Waals surface area contributed by atoms with Crippen molar-refractivity contribution in [2.24, 2.45) is 0 Å². The van der Waals surface area contributed by atoms with Gasteiger partial charge < -0.3 is 25.0 Å². The van der Waals surface area contributed by atoms with Crippen LogP contribution in [0.1, 0.15) is 30.2 Å². The Kier molecular flexibility index (Phi) is 4.67. The van der Waals surface area contributed by atoms with Gasteiger partial charge in [0.25, 0.3) is 0 Å². The van der Waals surface area contributed by atoms with Crippen molar-refractivity contribution in [3.63, 3.8) is 0 Å². The molecule has 4 atom stereocenters. The molecule has 3 aromatic rings. The van der Waals surface area contributed by atoms with Crippen LogP contribution in [0.3, 0.4) is 0 Å². The number of imidazole rings is 1. The average Bonchev–Trinajstić information content (AvgIpc) is 3.32. The molecule has 9 nitrogen and oxygen atoms in total. The fourth-order valence-electron chi connectivity index (χ4n) is 5.56. The van der Waals surface area contributed by atoms with Crippen molar-refractivity contribution in [1.29, 1.82) is 0 Å². The number of aliphatic hydroxyl groups excluding tert-OH is 3. The van der Waals surface area contributed by atoms with Crippen molar-refractivity contribution < 1.29 is 20.1 Å². The number of aliphatic hydroxyl groups is 3. The summed E-state index contributed by atoms with van der Waals surface area (Å²) < 4.78 is 7.20. The summed E-state index contributed by atoms with van der Waals surface area (Å²) in [6.45, 7) is 1.25. The topological polar surface area (TPSA) is 117 Å². The zero-order valence-electron chi connectivity index (χ0n) is 17.3. The van der Waals surface area contributed by atoms with Gasteiger partial charge in [0.2, 0.25) is 5.28 Å². The summed E-state index contributed by atoms with van der Waals surface area (Å²) in [5.41, 5.74) is 3.95. The Bertz CT molecular complexity index is 1180. The Morgan fingerprint density at radius 3 is 2.75 bits per heavy atom. The molecule has 0 unspecified atom stereocenters. The molecule has 1 aromatic carbocycles. The zero-order valence-corrected chi connectivity index (χ0v) is 18.1. The molecule has 10 heteroatoms. The summed E-state index contributed by atoms with van der Waals surface area (Å²) in [4.78, 5) is 15.5. The minimum absolute atomic E-state index is 0.0750. The summed E-state index contributed by atoms with van der Waals surface area (Å²) in [5, 5.41) is 30.0. The highest BCUT2D eigenvalue weighted by Crippen LogP contribution is 2.46. The minimum atomic E-state index is -1.23. The molecule has 0 bridgehead atoms. The van der Waals surface area contributed by atoms with E-state index in [0.29, 0.717) is 17.0 Å². The van der Waals surface area contributed by atoms with E-state index in [1.165, 1.54) is 23.9 Å². The highest BCUT2D eigenvalue weighted by molar-refractivity contribution is 6.28. The molecule has 3 N–H and O–H groups in total. The second-order valence-corrected chi connectivity index (χ2v) is 9.35. The average molecular weight is 458 g/mol. The largest absolute Gasteiger partial charge is 0.394 e. The third kappa shape index (κ3) is 2.89. The molecule has 168 valence electrons. The van der Waals surface area contributed by atoms with Gasteiger partial charge in [0, 0.05) is 18.5 Å². The van der Waals surface area contributed by atoms with Crippen molar-refractivity contribution in [3.8, 4) is 0 Å². The van der Waals surface area contributed by atoms with Crippen molar-refractivity contribution in [2.75, 3.05) is 24.6 Å². The standard InChI is InChI=1S/C22H24ClN5O4/c23-21-25-18(27-9-22(10-27)7-3-5-12-4-1-2-6-13(12)22)15-19(26-21)28(11-24-15)20-17(31)16(30)14(8-29)32-20/h1-2,4,6,11,14,16-17,20,29-31H,3,5,7-10H2/t14-,16-,17-,20-/m1/s1. The number of benzene rings is 1. The smallest absolute Gasteiger partial charge is 0.226 e. The van der Waals surface area contributed by atoms with Gasteiger partial charge in [-0.25, -0.2) is 4.98 Å². The fourth-order valence-corrected chi connectivity index (χ4v) is 5.72.